The highest BCUT2D eigenvalue weighted by Gasteiger charge is 2.39. The third-order valence-electron chi connectivity index (χ3n) is 3.67. The zero-order valence-corrected chi connectivity index (χ0v) is 12.2. The summed E-state index contributed by atoms with van der Waals surface area (Å²) in [6.07, 6.45) is 0. The van der Waals surface area contributed by atoms with Crippen LogP contribution in [0.25, 0.3) is 0 Å². The lowest BCUT2D eigenvalue weighted by Crippen LogP contribution is -2.47. The van der Waals surface area contributed by atoms with Gasteiger partial charge in [-0.15, -0.1) is 0 Å². The van der Waals surface area contributed by atoms with Crippen molar-refractivity contribution in [3.05, 3.63) is 70.8 Å². The number of aryl methyl sites for hydroxylation is 1. The number of hydrogen-bond acceptors (Lipinski definition) is 3. The lowest BCUT2D eigenvalue weighted by Gasteiger charge is -2.25. The molecule has 0 radical (unpaired) electrons. The molecule has 0 N–H and O–H groups in total. The molecule has 1 aliphatic heterocycles. The third kappa shape index (κ3) is 2.07. The Morgan fingerprint density at radius 1 is 0.909 bits per heavy atom. The van der Waals surface area contributed by atoms with Crippen molar-refractivity contribution in [1.82, 2.24) is 10.0 Å². The van der Waals surface area contributed by atoms with Crippen molar-refractivity contribution in [2.75, 3.05) is 7.05 Å². The molecule has 0 aromatic heterocycles. The second kappa shape index (κ2) is 5.11. The van der Waals surface area contributed by atoms with Crippen LogP contribution in [0.1, 0.15) is 36.6 Å². The summed E-state index contributed by atoms with van der Waals surface area (Å²) >= 11 is 0. The molecule has 0 fully saturated rings. The summed E-state index contributed by atoms with van der Waals surface area (Å²) < 4.78 is 0. The Hall–Kier alpha value is -2.95. The predicted octanol–water partition coefficient (Wildman–Crippen LogP) is 2.28. The van der Waals surface area contributed by atoms with Gasteiger partial charge in [0.1, 0.15) is 0 Å². The minimum absolute atomic E-state index is 0.316. The second-order valence-electron chi connectivity index (χ2n) is 5.16. The SMILES string of the molecule is Cc1ccc(C(=O)N(C)N2C(=O)c3ccccc3C2=O)cc1. The molecule has 5 heteroatoms. The Balaban J connectivity index is 1.92. The van der Waals surface area contributed by atoms with Crippen molar-refractivity contribution in [1.29, 1.82) is 0 Å². The zero-order chi connectivity index (χ0) is 15.9. The van der Waals surface area contributed by atoms with Gasteiger partial charge in [0.05, 0.1) is 11.1 Å². The number of benzene rings is 2. The zero-order valence-electron chi connectivity index (χ0n) is 12.2. The van der Waals surface area contributed by atoms with Crippen LogP contribution in [0, 0.1) is 6.92 Å². The van der Waals surface area contributed by atoms with Gasteiger partial charge < -0.3 is 0 Å². The first-order chi connectivity index (χ1) is 10.5. The quantitative estimate of drug-likeness (QED) is 0.798. The van der Waals surface area contributed by atoms with Crippen molar-refractivity contribution in [2.45, 2.75) is 6.92 Å². The number of carbonyl (C=O) groups excluding carboxylic acids is 3. The molecule has 110 valence electrons. The number of nitrogens with zero attached hydrogens (tertiary/aromatic N) is 2. The number of rotatable bonds is 2. The highest BCUT2D eigenvalue weighted by Crippen LogP contribution is 2.24. The fraction of sp³-hybridized carbons (Fsp3) is 0.118. The van der Waals surface area contributed by atoms with Crippen molar-refractivity contribution in [3.8, 4) is 0 Å². The molecule has 0 saturated carbocycles. The fourth-order valence-electron chi connectivity index (χ4n) is 2.42. The van der Waals surface area contributed by atoms with Gasteiger partial charge in [0, 0.05) is 12.6 Å². The van der Waals surface area contributed by atoms with E-state index in [0.717, 1.165) is 15.6 Å². The molecule has 1 heterocycles. The predicted molar refractivity (Wildman–Crippen MR) is 80.2 cm³/mol. The number of fused-ring (bicyclic) bond motifs is 1. The molecule has 3 rings (SSSR count). The van der Waals surface area contributed by atoms with Gasteiger partial charge in [-0.1, -0.05) is 29.8 Å². The Morgan fingerprint density at radius 3 is 1.91 bits per heavy atom. The van der Waals surface area contributed by atoms with Crippen LogP contribution in [0.15, 0.2) is 48.5 Å². The maximum absolute atomic E-state index is 12.5. The van der Waals surface area contributed by atoms with Crippen LogP contribution in [0.2, 0.25) is 0 Å². The smallest absolute Gasteiger partial charge is 0.267 e. The molecular formula is C17H14N2O3. The van der Waals surface area contributed by atoms with Crippen molar-refractivity contribution >= 4 is 17.7 Å². The molecule has 1 aliphatic rings. The summed E-state index contributed by atoms with van der Waals surface area (Å²) in [5, 5.41) is 1.95. The number of hydrazine groups is 1. The molecule has 0 aliphatic carbocycles. The standard InChI is InChI=1S/C17H14N2O3/c1-11-7-9-12(10-8-11)15(20)18(2)19-16(21)13-5-3-4-6-14(13)17(19)22/h3-10H,1-2H3. The third-order valence-corrected chi connectivity index (χ3v) is 3.67. The second-order valence-corrected chi connectivity index (χ2v) is 5.16. The summed E-state index contributed by atoms with van der Waals surface area (Å²) in [6, 6.07) is 13.5. The van der Waals surface area contributed by atoms with Crippen LogP contribution in [0.5, 0.6) is 0 Å². The molecule has 2 aromatic rings. The van der Waals surface area contributed by atoms with E-state index in [2.05, 4.69) is 0 Å². The highest BCUT2D eigenvalue weighted by atomic mass is 16.2. The summed E-state index contributed by atoms with van der Waals surface area (Å²) in [4.78, 5) is 37.2. The Kier molecular flexibility index (Phi) is 3.25. The molecule has 3 amide bonds. The molecule has 2 aromatic carbocycles. The first-order valence-corrected chi connectivity index (χ1v) is 6.83. The van der Waals surface area contributed by atoms with E-state index in [1.165, 1.54) is 7.05 Å². The van der Waals surface area contributed by atoms with Gasteiger partial charge in [0.15, 0.2) is 0 Å². The summed E-state index contributed by atoms with van der Waals surface area (Å²) in [7, 11) is 1.42. The van der Waals surface area contributed by atoms with E-state index < -0.39 is 17.7 Å². The lowest BCUT2D eigenvalue weighted by atomic mass is 10.1. The molecule has 0 spiro atoms. The molecule has 22 heavy (non-hydrogen) atoms. The topological polar surface area (TPSA) is 57.7 Å². The average molecular weight is 294 g/mol. The summed E-state index contributed by atoms with van der Waals surface area (Å²) in [5.74, 6) is -1.37. The number of amides is 3. The van der Waals surface area contributed by atoms with Gasteiger partial charge in [-0.3, -0.25) is 14.4 Å². The van der Waals surface area contributed by atoms with Gasteiger partial charge in [-0.25, -0.2) is 5.01 Å². The van der Waals surface area contributed by atoms with E-state index in [0.29, 0.717) is 16.7 Å². The van der Waals surface area contributed by atoms with Crippen LogP contribution in [-0.4, -0.2) is 34.8 Å². The van der Waals surface area contributed by atoms with E-state index in [-0.39, 0.29) is 0 Å². The van der Waals surface area contributed by atoms with E-state index in [9.17, 15) is 14.4 Å². The first-order valence-electron chi connectivity index (χ1n) is 6.83. The molecule has 0 atom stereocenters. The van der Waals surface area contributed by atoms with Gasteiger partial charge in [-0.2, -0.15) is 5.01 Å². The van der Waals surface area contributed by atoms with Crippen LogP contribution >= 0.6 is 0 Å². The molecule has 0 bridgehead atoms. The lowest BCUT2D eigenvalue weighted by molar-refractivity contribution is 0.0128. The first kappa shape index (κ1) is 14.0. The largest absolute Gasteiger partial charge is 0.280 e. The van der Waals surface area contributed by atoms with Gasteiger partial charge >= 0.3 is 0 Å². The van der Waals surface area contributed by atoms with E-state index >= 15 is 0 Å². The van der Waals surface area contributed by atoms with E-state index in [1.54, 1.807) is 36.4 Å². The van der Waals surface area contributed by atoms with Gasteiger partial charge in [-0.05, 0) is 31.2 Å². The Morgan fingerprint density at radius 2 is 1.41 bits per heavy atom. The number of hydrogen-bond donors (Lipinski definition) is 0. The van der Waals surface area contributed by atoms with Crippen molar-refractivity contribution in [3.63, 3.8) is 0 Å². The van der Waals surface area contributed by atoms with Crippen LogP contribution < -0.4 is 0 Å². The number of carbonyl (C=O) groups is 3. The van der Waals surface area contributed by atoms with E-state index in [4.69, 9.17) is 0 Å². The minimum atomic E-state index is -0.483. The molecule has 5 nitrogen and oxygen atoms in total. The molecular weight excluding hydrogens is 280 g/mol. The molecule has 0 saturated heterocycles. The van der Waals surface area contributed by atoms with E-state index in [1.807, 2.05) is 19.1 Å². The maximum Gasteiger partial charge on any atom is 0.280 e. The maximum atomic E-state index is 12.5. The minimum Gasteiger partial charge on any atom is -0.267 e. The fourth-order valence-corrected chi connectivity index (χ4v) is 2.42. The number of imide groups is 1. The Labute approximate surface area is 127 Å². The monoisotopic (exact) mass is 294 g/mol. The van der Waals surface area contributed by atoms with Crippen molar-refractivity contribution < 1.29 is 14.4 Å². The summed E-state index contributed by atoms with van der Waals surface area (Å²) in [5.41, 5.74) is 2.08. The normalized spacial score (nSPS) is 13.3. The highest BCUT2D eigenvalue weighted by molar-refractivity contribution is 6.22. The Bertz CT molecular complexity index is 746. The van der Waals surface area contributed by atoms with Crippen LogP contribution in [0.4, 0.5) is 0 Å². The average Bonchev–Trinajstić information content (AvgIpc) is 2.79. The van der Waals surface area contributed by atoms with Gasteiger partial charge in [0.25, 0.3) is 17.7 Å². The molecule has 0 unspecified atom stereocenters. The summed E-state index contributed by atoms with van der Waals surface area (Å²) in [6.45, 7) is 1.92. The van der Waals surface area contributed by atoms with Crippen LogP contribution in [-0.2, 0) is 0 Å². The van der Waals surface area contributed by atoms with Crippen LogP contribution in [0.3, 0.4) is 0 Å². The van der Waals surface area contributed by atoms with Gasteiger partial charge in [0.2, 0.25) is 0 Å². The van der Waals surface area contributed by atoms with Crippen molar-refractivity contribution in [2.24, 2.45) is 0 Å².